The summed E-state index contributed by atoms with van der Waals surface area (Å²) in [5.41, 5.74) is 0.960. The molecule has 0 saturated heterocycles. The van der Waals surface area contributed by atoms with Crippen LogP contribution in [0.15, 0.2) is 11.3 Å². The summed E-state index contributed by atoms with van der Waals surface area (Å²) in [6, 6.07) is 0. The van der Waals surface area contributed by atoms with Gasteiger partial charge in [-0.25, -0.2) is 0 Å². The van der Waals surface area contributed by atoms with Gasteiger partial charge in [-0.1, -0.05) is 13.3 Å². The number of allylic oxidation sites excluding steroid dienone is 1. The van der Waals surface area contributed by atoms with Gasteiger partial charge in [0.25, 0.3) is 0 Å². The van der Waals surface area contributed by atoms with Crippen molar-refractivity contribution < 1.29 is 9.53 Å². The van der Waals surface area contributed by atoms with E-state index in [9.17, 15) is 4.79 Å². The first-order valence-corrected chi connectivity index (χ1v) is 5.49. The lowest BCUT2D eigenvalue weighted by Crippen LogP contribution is -2.31. The molecule has 3 atom stereocenters. The molecule has 2 rings (SSSR count). The van der Waals surface area contributed by atoms with E-state index < -0.39 is 0 Å². The van der Waals surface area contributed by atoms with Crippen molar-refractivity contribution in [2.75, 3.05) is 0 Å². The Morgan fingerprint density at radius 1 is 1.43 bits per heavy atom. The third-order valence-electron chi connectivity index (χ3n) is 3.57. The molecule has 2 aliphatic rings. The first-order chi connectivity index (χ1) is 6.61. The third kappa shape index (κ3) is 1.37. The van der Waals surface area contributed by atoms with Crippen LogP contribution in [0.1, 0.15) is 40.0 Å². The van der Waals surface area contributed by atoms with E-state index in [1.807, 2.05) is 6.92 Å². The van der Waals surface area contributed by atoms with Crippen LogP contribution in [0.4, 0.5) is 0 Å². The van der Waals surface area contributed by atoms with Gasteiger partial charge in [0.05, 0.1) is 0 Å². The van der Waals surface area contributed by atoms with Crippen molar-refractivity contribution in [3.8, 4) is 0 Å². The second-order valence-electron chi connectivity index (χ2n) is 4.62. The number of ether oxygens (including phenoxy) is 1. The maximum Gasteiger partial charge on any atom is 0.159 e. The van der Waals surface area contributed by atoms with Crippen LogP contribution in [0.5, 0.6) is 0 Å². The number of Topliss-reactive ketones (excluding diaryl/α,β-unsaturated/α-hetero) is 1. The number of hydrogen-bond acceptors (Lipinski definition) is 2. The van der Waals surface area contributed by atoms with Gasteiger partial charge in [-0.15, -0.1) is 0 Å². The fourth-order valence-corrected chi connectivity index (χ4v) is 2.93. The summed E-state index contributed by atoms with van der Waals surface area (Å²) in [5, 5.41) is 0. The maximum atomic E-state index is 11.5. The summed E-state index contributed by atoms with van der Waals surface area (Å²) < 4.78 is 5.81. The summed E-state index contributed by atoms with van der Waals surface area (Å²) in [4.78, 5) is 11.5. The smallest absolute Gasteiger partial charge is 0.159 e. The first kappa shape index (κ1) is 9.75. The van der Waals surface area contributed by atoms with Crippen LogP contribution < -0.4 is 0 Å². The topological polar surface area (TPSA) is 26.3 Å². The largest absolute Gasteiger partial charge is 0.494 e. The van der Waals surface area contributed by atoms with E-state index in [4.69, 9.17) is 4.74 Å². The Bertz CT molecular complexity index is 291. The first-order valence-electron chi connectivity index (χ1n) is 5.49. The molecule has 0 aromatic carbocycles. The van der Waals surface area contributed by atoms with Gasteiger partial charge in [0.15, 0.2) is 5.78 Å². The molecule has 2 nitrogen and oxygen atoms in total. The molecule has 2 unspecified atom stereocenters. The number of carbonyl (C=O) groups is 1. The number of fused-ring (bicyclic) bond motifs is 1. The molecule has 0 radical (unpaired) electrons. The van der Waals surface area contributed by atoms with E-state index in [0.717, 1.165) is 17.8 Å². The van der Waals surface area contributed by atoms with Gasteiger partial charge in [0.1, 0.15) is 11.9 Å². The predicted molar refractivity (Wildman–Crippen MR) is 54.8 cm³/mol. The minimum Gasteiger partial charge on any atom is -0.494 e. The molecule has 14 heavy (non-hydrogen) atoms. The molecule has 0 N–H and O–H groups in total. The standard InChI is InChI=1S/C12H18O2/c1-7-5-4-6-10-11(8(2)13)9(3)14-12(7)10/h7,10,12H,4-6H2,1-3H3/t7-,10?,12?/m0/s1. The number of rotatable bonds is 1. The molecule has 1 heterocycles. The second-order valence-corrected chi connectivity index (χ2v) is 4.62. The van der Waals surface area contributed by atoms with Crippen molar-refractivity contribution in [1.82, 2.24) is 0 Å². The second kappa shape index (κ2) is 3.41. The molecule has 1 fully saturated rings. The van der Waals surface area contributed by atoms with Gasteiger partial charge in [-0.05, 0) is 32.6 Å². The van der Waals surface area contributed by atoms with E-state index >= 15 is 0 Å². The minimum atomic E-state index is 0.198. The lowest BCUT2D eigenvalue weighted by molar-refractivity contribution is -0.114. The highest BCUT2D eigenvalue weighted by Crippen LogP contribution is 2.43. The van der Waals surface area contributed by atoms with Gasteiger partial charge in [0.2, 0.25) is 0 Å². The molecule has 1 aliphatic carbocycles. The highest BCUT2D eigenvalue weighted by atomic mass is 16.5. The number of hydrogen-bond donors (Lipinski definition) is 0. The van der Waals surface area contributed by atoms with Gasteiger partial charge in [-0.2, -0.15) is 0 Å². The molecule has 78 valence electrons. The molecular weight excluding hydrogens is 176 g/mol. The Morgan fingerprint density at radius 3 is 2.79 bits per heavy atom. The van der Waals surface area contributed by atoms with Crippen LogP contribution in [-0.4, -0.2) is 11.9 Å². The molecule has 1 saturated carbocycles. The zero-order chi connectivity index (χ0) is 10.3. The zero-order valence-corrected chi connectivity index (χ0v) is 9.17. The summed E-state index contributed by atoms with van der Waals surface area (Å²) >= 11 is 0. The molecule has 0 bridgehead atoms. The highest BCUT2D eigenvalue weighted by Gasteiger charge is 2.41. The van der Waals surface area contributed by atoms with Crippen LogP contribution in [0.2, 0.25) is 0 Å². The van der Waals surface area contributed by atoms with Crippen molar-refractivity contribution in [1.29, 1.82) is 0 Å². The lowest BCUT2D eigenvalue weighted by Gasteiger charge is -2.31. The van der Waals surface area contributed by atoms with Crippen molar-refractivity contribution in [2.45, 2.75) is 46.1 Å². The van der Waals surface area contributed by atoms with E-state index in [0.29, 0.717) is 11.8 Å². The van der Waals surface area contributed by atoms with E-state index in [1.165, 1.54) is 12.8 Å². The van der Waals surface area contributed by atoms with Gasteiger partial charge < -0.3 is 4.74 Å². The summed E-state index contributed by atoms with van der Waals surface area (Å²) in [7, 11) is 0. The predicted octanol–water partition coefficient (Wildman–Crippen LogP) is 2.68. The molecule has 0 spiro atoms. The fraction of sp³-hybridized carbons (Fsp3) is 0.750. The Morgan fingerprint density at radius 2 is 2.14 bits per heavy atom. The van der Waals surface area contributed by atoms with Crippen LogP contribution in [-0.2, 0) is 9.53 Å². The van der Waals surface area contributed by atoms with Crippen molar-refractivity contribution >= 4 is 5.78 Å². The highest BCUT2D eigenvalue weighted by molar-refractivity contribution is 5.94. The molecular formula is C12H18O2. The summed E-state index contributed by atoms with van der Waals surface area (Å²) in [6.45, 7) is 5.82. The Kier molecular flexibility index (Phi) is 2.38. The molecule has 2 heteroatoms. The molecule has 0 amide bonds. The van der Waals surface area contributed by atoms with Crippen LogP contribution in [0.3, 0.4) is 0 Å². The maximum absolute atomic E-state index is 11.5. The van der Waals surface area contributed by atoms with Crippen molar-refractivity contribution in [3.05, 3.63) is 11.3 Å². The van der Waals surface area contributed by atoms with Crippen LogP contribution >= 0.6 is 0 Å². The lowest BCUT2D eigenvalue weighted by atomic mass is 9.76. The van der Waals surface area contributed by atoms with Gasteiger partial charge in [-0.3, -0.25) is 4.79 Å². The van der Waals surface area contributed by atoms with E-state index in [-0.39, 0.29) is 11.9 Å². The Balaban J connectivity index is 2.26. The quantitative estimate of drug-likeness (QED) is 0.641. The third-order valence-corrected chi connectivity index (χ3v) is 3.57. The minimum absolute atomic E-state index is 0.198. The van der Waals surface area contributed by atoms with Crippen LogP contribution in [0, 0.1) is 11.8 Å². The monoisotopic (exact) mass is 194 g/mol. The average molecular weight is 194 g/mol. The van der Waals surface area contributed by atoms with E-state index in [2.05, 4.69) is 6.92 Å². The molecule has 0 aromatic heterocycles. The van der Waals surface area contributed by atoms with Crippen molar-refractivity contribution in [2.24, 2.45) is 11.8 Å². The van der Waals surface area contributed by atoms with E-state index in [1.54, 1.807) is 6.92 Å². The van der Waals surface area contributed by atoms with Gasteiger partial charge in [0, 0.05) is 11.5 Å². The van der Waals surface area contributed by atoms with Gasteiger partial charge >= 0.3 is 0 Å². The summed E-state index contributed by atoms with van der Waals surface area (Å²) in [5.74, 6) is 2.06. The molecule has 0 aromatic rings. The Hall–Kier alpha value is -0.790. The zero-order valence-electron chi connectivity index (χ0n) is 9.17. The normalized spacial score (nSPS) is 36.6. The number of ketones is 1. The van der Waals surface area contributed by atoms with Crippen molar-refractivity contribution in [3.63, 3.8) is 0 Å². The number of carbonyl (C=O) groups excluding carboxylic acids is 1. The van der Waals surface area contributed by atoms with Crippen LogP contribution in [0.25, 0.3) is 0 Å². The Labute approximate surface area is 85.3 Å². The SMILES string of the molecule is CC(=O)C1=C(C)OC2C1CCC[C@@H]2C. The average Bonchev–Trinajstić information content (AvgIpc) is 2.42. The molecule has 1 aliphatic heterocycles. The fourth-order valence-electron chi connectivity index (χ4n) is 2.93. The summed E-state index contributed by atoms with van der Waals surface area (Å²) in [6.07, 6.45) is 3.87.